The molecule has 0 atom stereocenters. The Kier molecular flexibility index (Phi) is 5.00. The number of hydrogen-bond acceptors (Lipinski definition) is 0. The SMILES string of the molecule is c1ccc2c(-n3c4ccccc4c4ccc5c(c6c7ccccc7ccc6n5-c5ccc6c(c5)-c5cccc7cccc-6c57)c43)cccc2c1. The second-order valence-corrected chi connectivity index (χ2v) is 13.7. The zero-order valence-electron chi connectivity index (χ0n) is 27.1. The van der Waals surface area contributed by atoms with E-state index in [1.807, 2.05) is 0 Å². The predicted octanol–water partition coefficient (Wildman–Crippen LogP) is 13.0. The van der Waals surface area contributed by atoms with Crippen LogP contribution in [0.2, 0.25) is 0 Å². The molecule has 0 radical (unpaired) electrons. The van der Waals surface area contributed by atoms with Gasteiger partial charge in [-0.1, -0.05) is 133 Å². The molecule has 50 heavy (non-hydrogen) atoms. The fourth-order valence-corrected chi connectivity index (χ4v) is 9.17. The molecule has 0 fully saturated rings. The van der Waals surface area contributed by atoms with Gasteiger partial charge in [-0.05, 0) is 85.6 Å². The number of hydrogen-bond donors (Lipinski definition) is 0. The first-order chi connectivity index (χ1) is 24.8. The Morgan fingerprint density at radius 3 is 1.80 bits per heavy atom. The van der Waals surface area contributed by atoms with Gasteiger partial charge in [0, 0.05) is 32.6 Å². The van der Waals surface area contributed by atoms with E-state index in [1.165, 1.54) is 110 Å². The van der Waals surface area contributed by atoms with E-state index in [-0.39, 0.29) is 0 Å². The van der Waals surface area contributed by atoms with Crippen LogP contribution in [0.15, 0.2) is 170 Å². The molecule has 230 valence electrons. The van der Waals surface area contributed by atoms with E-state index in [2.05, 4.69) is 179 Å². The summed E-state index contributed by atoms with van der Waals surface area (Å²) in [6.45, 7) is 0. The molecule has 0 saturated carbocycles. The molecule has 0 unspecified atom stereocenters. The van der Waals surface area contributed by atoms with Gasteiger partial charge < -0.3 is 9.13 Å². The summed E-state index contributed by atoms with van der Waals surface area (Å²) in [6, 6.07) is 63.0. The average molecular weight is 633 g/mol. The second kappa shape index (κ2) is 9.49. The number of aromatic nitrogens is 2. The minimum atomic E-state index is 1.18. The molecule has 1 aliphatic rings. The molecule has 0 bridgehead atoms. The van der Waals surface area contributed by atoms with Crippen molar-refractivity contribution in [3.63, 3.8) is 0 Å². The van der Waals surface area contributed by atoms with Crippen LogP contribution < -0.4 is 0 Å². The van der Waals surface area contributed by atoms with E-state index in [4.69, 9.17) is 0 Å². The monoisotopic (exact) mass is 632 g/mol. The molecule has 0 saturated heterocycles. The highest BCUT2D eigenvalue weighted by molar-refractivity contribution is 6.31. The maximum atomic E-state index is 2.53. The highest BCUT2D eigenvalue weighted by atomic mass is 15.0. The number of benzene rings is 9. The molecule has 0 N–H and O–H groups in total. The highest BCUT2D eigenvalue weighted by Gasteiger charge is 2.25. The number of para-hydroxylation sites is 1. The minimum absolute atomic E-state index is 1.18. The fourth-order valence-electron chi connectivity index (χ4n) is 9.17. The first kappa shape index (κ1) is 26.3. The first-order valence-corrected chi connectivity index (χ1v) is 17.4. The predicted molar refractivity (Wildman–Crippen MR) is 212 cm³/mol. The molecule has 2 aromatic heterocycles. The summed E-state index contributed by atoms with van der Waals surface area (Å²) in [5, 5.41) is 12.8. The van der Waals surface area contributed by atoms with Gasteiger partial charge in [0.15, 0.2) is 0 Å². The van der Waals surface area contributed by atoms with Crippen LogP contribution in [-0.4, -0.2) is 9.13 Å². The lowest BCUT2D eigenvalue weighted by Crippen LogP contribution is -1.96. The van der Waals surface area contributed by atoms with Gasteiger partial charge in [0.1, 0.15) is 0 Å². The molecule has 11 aromatic rings. The molecule has 9 aromatic carbocycles. The third-order valence-electron chi connectivity index (χ3n) is 11.2. The van der Waals surface area contributed by atoms with Crippen molar-refractivity contribution in [3.8, 4) is 33.6 Å². The molecule has 0 amide bonds. The number of nitrogens with zero attached hydrogens (tertiary/aromatic N) is 2. The lowest BCUT2D eigenvalue weighted by Gasteiger charge is -2.13. The summed E-state index contributed by atoms with van der Waals surface area (Å²) >= 11 is 0. The van der Waals surface area contributed by atoms with E-state index >= 15 is 0 Å². The van der Waals surface area contributed by atoms with Gasteiger partial charge >= 0.3 is 0 Å². The maximum Gasteiger partial charge on any atom is 0.0641 e. The maximum absolute atomic E-state index is 2.53. The van der Waals surface area contributed by atoms with Gasteiger partial charge in [0.25, 0.3) is 0 Å². The molecule has 2 heteroatoms. The van der Waals surface area contributed by atoms with E-state index in [0.717, 1.165) is 0 Å². The van der Waals surface area contributed by atoms with Crippen molar-refractivity contribution in [2.45, 2.75) is 0 Å². The van der Waals surface area contributed by atoms with Crippen LogP contribution in [-0.2, 0) is 0 Å². The van der Waals surface area contributed by atoms with Gasteiger partial charge in [-0.25, -0.2) is 0 Å². The van der Waals surface area contributed by atoms with Gasteiger partial charge in [0.2, 0.25) is 0 Å². The van der Waals surface area contributed by atoms with E-state index in [1.54, 1.807) is 0 Å². The first-order valence-electron chi connectivity index (χ1n) is 17.4. The second-order valence-electron chi connectivity index (χ2n) is 13.7. The zero-order chi connectivity index (χ0) is 32.5. The largest absolute Gasteiger partial charge is 0.309 e. The van der Waals surface area contributed by atoms with E-state index < -0.39 is 0 Å². The van der Waals surface area contributed by atoms with Crippen molar-refractivity contribution >= 4 is 75.9 Å². The van der Waals surface area contributed by atoms with Crippen molar-refractivity contribution in [1.82, 2.24) is 9.13 Å². The normalized spacial score (nSPS) is 12.4. The lowest BCUT2D eigenvalue weighted by atomic mass is 10.0. The summed E-state index contributed by atoms with van der Waals surface area (Å²) in [5.41, 5.74) is 12.5. The van der Waals surface area contributed by atoms with Crippen LogP contribution in [0.5, 0.6) is 0 Å². The van der Waals surface area contributed by atoms with Crippen LogP contribution in [0.25, 0.3) is 110 Å². The highest BCUT2D eigenvalue weighted by Crippen LogP contribution is 2.49. The van der Waals surface area contributed by atoms with Crippen LogP contribution in [0.3, 0.4) is 0 Å². The minimum Gasteiger partial charge on any atom is -0.309 e. The van der Waals surface area contributed by atoms with Crippen LogP contribution >= 0.6 is 0 Å². The zero-order valence-corrected chi connectivity index (χ0v) is 27.1. The molecule has 0 aliphatic heterocycles. The molecular formula is C48H28N2. The van der Waals surface area contributed by atoms with Gasteiger partial charge in [-0.15, -0.1) is 0 Å². The lowest BCUT2D eigenvalue weighted by molar-refractivity contribution is 1.18. The number of fused-ring (bicyclic) bond motifs is 13. The summed E-state index contributed by atoms with van der Waals surface area (Å²) in [6.07, 6.45) is 0. The Balaban J connectivity index is 1.27. The van der Waals surface area contributed by atoms with Crippen molar-refractivity contribution < 1.29 is 0 Å². The molecule has 0 spiro atoms. The van der Waals surface area contributed by atoms with E-state index in [0.29, 0.717) is 0 Å². The summed E-state index contributed by atoms with van der Waals surface area (Å²) in [5.74, 6) is 0. The molecule has 2 heterocycles. The van der Waals surface area contributed by atoms with Crippen molar-refractivity contribution in [3.05, 3.63) is 170 Å². The Morgan fingerprint density at radius 2 is 0.940 bits per heavy atom. The van der Waals surface area contributed by atoms with Crippen LogP contribution in [0, 0.1) is 0 Å². The quantitative estimate of drug-likeness (QED) is 0.179. The standard InChI is InChI=1S/C48H28N2/c1-3-15-33-29(10-1)12-9-21-41(33)50-42-20-6-5-17-36(42)39-25-27-44-47(48(39)50)46-34-16-4-2-11-30(34)22-26-43(46)49(44)32-23-24-35-37-18-7-13-31-14-8-19-38(45(31)37)40(35)28-32/h1-28H. The smallest absolute Gasteiger partial charge is 0.0641 e. The van der Waals surface area contributed by atoms with Crippen LogP contribution in [0.4, 0.5) is 0 Å². The molecule has 12 rings (SSSR count). The number of rotatable bonds is 2. The van der Waals surface area contributed by atoms with Gasteiger partial charge in [-0.2, -0.15) is 0 Å². The third-order valence-corrected chi connectivity index (χ3v) is 11.2. The molecule has 2 nitrogen and oxygen atoms in total. The van der Waals surface area contributed by atoms with Crippen molar-refractivity contribution in [2.24, 2.45) is 0 Å². The average Bonchev–Trinajstić information content (AvgIpc) is 3.81. The van der Waals surface area contributed by atoms with Crippen molar-refractivity contribution in [1.29, 1.82) is 0 Å². The Hall–Kier alpha value is -6.64. The van der Waals surface area contributed by atoms with Gasteiger partial charge in [0.05, 0.1) is 27.8 Å². The van der Waals surface area contributed by atoms with E-state index in [9.17, 15) is 0 Å². The van der Waals surface area contributed by atoms with Gasteiger partial charge in [-0.3, -0.25) is 0 Å². The molecule has 1 aliphatic carbocycles. The summed E-state index contributed by atoms with van der Waals surface area (Å²) in [7, 11) is 0. The fraction of sp³-hybridized carbons (Fsp3) is 0. The third kappa shape index (κ3) is 3.28. The topological polar surface area (TPSA) is 9.86 Å². The molecular weight excluding hydrogens is 605 g/mol. The summed E-state index contributed by atoms with van der Waals surface area (Å²) in [4.78, 5) is 0. The van der Waals surface area contributed by atoms with Crippen LogP contribution in [0.1, 0.15) is 0 Å². The Bertz CT molecular complexity index is 3250. The Labute approximate surface area is 287 Å². The Morgan fingerprint density at radius 1 is 0.300 bits per heavy atom. The van der Waals surface area contributed by atoms with Crippen molar-refractivity contribution in [2.75, 3.05) is 0 Å². The summed E-state index contributed by atoms with van der Waals surface area (Å²) < 4.78 is 5.03.